The molecule has 0 aliphatic rings. The van der Waals surface area contributed by atoms with Crippen LogP contribution < -0.4 is 10.9 Å². The van der Waals surface area contributed by atoms with Crippen molar-refractivity contribution < 1.29 is 13.6 Å². The standard InChI is InChI=1S/C17H12BrF2N3O2/c1-9-3-2-4-11-15(9)21-8-23(17(11)25)7-14(24)22-16-12(18)5-10(19)6-13(16)20/h2-6,8H,7H2,1H3,(H,22,24). The van der Waals surface area contributed by atoms with E-state index in [9.17, 15) is 18.4 Å². The minimum Gasteiger partial charge on any atom is -0.321 e. The normalized spacial score (nSPS) is 10.9. The molecule has 0 saturated heterocycles. The van der Waals surface area contributed by atoms with Crippen LogP contribution in [-0.4, -0.2) is 15.5 Å². The summed E-state index contributed by atoms with van der Waals surface area (Å²) in [7, 11) is 0. The number of aromatic nitrogens is 2. The fourth-order valence-corrected chi connectivity index (χ4v) is 2.95. The highest BCUT2D eigenvalue weighted by atomic mass is 79.9. The van der Waals surface area contributed by atoms with Crippen molar-refractivity contribution in [3.8, 4) is 0 Å². The van der Waals surface area contributed by atoms with E-state index >= 15 is 0 Å². The van der Waals surface area contributed by atoms with Crippen LogP contribution in [0.4, 0.5) is 14.5 Å². The lowest BCUT2D eigenvalue weighted by Gasteiger charge is -2.10. The Morgan fingerprint density at radius 1 is 1.32 bits per heavy atom. The number of hydrogen-bond donors (Lipinski definition) is 1. The molecule has 3 rings (SSSR count). The number of nitrogens with zero attached hydrogens (tertiary/aromatic N) is 2. The van der Waals surface area contributed by atoms with Gasteiger partial charge in [-0.1, -0.05) is 12.1 Å². The summed E-state index contributed by atoms with van der Waals surface area (Å²) in [5.41, 5.74) is 0.853. The number of benzene rings is 2. The van der Waals surface area contributed by atoms with Crippen LogP contribution >= 0.6 is 15.9 Å². The van der Waals surface area contributed by atoms with E-state index in [0.717, 1.165) is 16.2 Å². The third-order valence-electron chi connectivity index (χ3n) is 3.64. The largest absolute Gasteiger partial charge is 0.321 e. The van der Waals surface area contributed by atoms with E-state index in [1.165, 1.54) is 6.33 Å². The molecule has 1 N–H and O–H groups in total. The number of amides is 1. The number of anilines is 1. The Morgan fingerprint density at radius 2 is 2.08 bits per heavy atom. The zero-order valence-electron chi connectivity index (χ0n) is 13.0. The summed E-state index contributed by atoms with van der Waals surface area (Å²) in [5.74, 6) is -2.32. The molecule has 5 nitrogen and oxygen atoms in total. The summed E-state index contributed by atoms with van der Waals surface area (Å²) in [6, 6.07) is 6.89. The molecule has 25 heavy (non-hydrogen) atoms. The Kier molecular flexibility index (Phi) is 4.63. The van der Waals surface area contributed by atoms with Crippen molar-refractivity contribution in [1.82, 2.24) is 9.55 Å². The molecule has 0 radical (unpaired) electrons. The van der Waals surface area contributed by atoms with Crippen LogP contribution in [-0.2, 0) is 11.3 Å². The zero-order chi connectivity index (χ0) is 18.1. The smallest absolute Gasteiger partial charge is 0.261 e. The summed E-state index contributed by atoms with van der Waals surface area (Å²) in [6.45, 7) is 1.49. The van der Waals surface area contributed by atoms with Crippen molar-refractivity contribution >= 4 is 38.4 Å². The Labute approximate surface area is 149 Å². The van der Waals surface area contributed by atoms with Gasteiger partial charge in [0.2, 0.25) is 5.91 Å². The first kappa shape index (κ1) is 17.2. The van der Waals surface area contributed by atoms with Gasteiger partial charge in [-0.15, -0.1) is 0 Å². The van der Waals surface area contributed by atoms with Crippen LogP contribution in [0.25, 0.3) is 10.9 Å². The summed E-state index contributed by atoms with van der Waals surface area (Å²) < 4.78 is 28.1. The quantitative estimate of drug-likeness (QED) is 0.723. The maximum atomic E-state index is 13.8. The van der Waals surface area contributed by atoms with Gasteiger partial charge < -0.3 is 5.32 Å². The second-order valence-electron chi connectivity index (χ2n) is 5.44. The first-order valence-electron chi connectivity index (χ1n) is 7.26. The molecule has 0 spiro atoms. The Hall–Kier alpha value is -2.61. The molecule has 0 aliphatic carbocycles. The van der Waals surface area contributed by atoms with Gasteiger partial charge in [-0.2, -0.15) is 0 Å². The van der Waals surface area contributed by atoms with Gasteiger partial charge in [0.25, 0.3) is 5.56 Å². The summed E-state index contributed by atoms with van der Waals surface area (Å²) in [6.07, 6.45) is 1.27. The van der Waals surface area contributed by atoms with Gasteiger partial charge in [0, 0.05) is 10.5 Å². The fourth-order valence-electron chi connectivity index (χ4n) is 2.45. The third kappa shape index (κ3) is 3.43. The predicted molar refractivity (Wildman–Crippen MR) is 93.4 cm³/mol. The SMILES string of the molecule is Cc1cccc2c(=O)n(CC(=O)Nc3c(F)cc(F)cc3Br)cnc12. The number of nitrogens with one attached hydrogen (secondary N) is 1. The van der Waals surface area contributed by atoms with E-state index in [2.05, 4.69) is 26.2 Å². The third-order valence-corrected chi connectivity index (χ3v) is 4.27. The van der Waals surface area contributed by atoms with E-state index in [0.29, 0.717) is 17.0 Å². The molecule has 0 bridgehead atoms. The summed E-state index contributed by atoms with van der Waals surface area (Å²) in [5, 5.41) is 2.72. The molecule has 0 aliphatic heterocycles. The first-order chi connectivity index (χ1) is 11.9. The fraction of sp³-hybridized carbons (Fsp3) is 0.118. The molecular formula is C17H12BrF2N3O2. The molecule has 0 atom stereocenters. The molecule has 2 aromatic carbocycles. The van der Waals surface area contributed by atoms with Crippen LogP contribution in [0.15, 0.2) is 45.9 Å². The molecule has 8 heteroatoms. The average molecular weight is 408 g/mol. The Balaban J connectivity index is 1.88. The maximum absolute atomic E-state index is 13.8. The second-order valence-corrected chi connectivity index (χ2v) is 6.30. The zero-order valence-corrected chi connectivity index (χ0v) is 14.6. The van der Waals surface area contributed by atoms with Crippen molar-refractivity contribution in [2.24, 2.45) is 0 Å². The molecule has 1 amide bonds. The van der Waals surface area contributed by atoms with Crippen molar-refractivity contribution in [2.75, 3.05) is 5.32 Å². The highest BCUT2D eigenvalue weighted by molar-refractivity contribution is 9.10. The molecule has 128 valence electrons. The molecule has 3 aromatic rings. The van der Waals surface area contributed by atoms with E-state index < -0.39 is 17.5 Å². The number of carbonyl (C=O) groups is 1. The minimum atomic E-state index is -0.917. The number of rotatable bonds is 3. The second kappa shape index (κ2) is 6.72. The van der Waals surface area contributed by atoms with Gasteiger partial charge in [-0.3, -0.25) is 14.2 Å². The van der Waals surface area contributed by atoms with E-state index in [-0.39, 0.29) is 22.3 Å². The van der Waals surface area contributed by atoms with Gasteiger partial charge in [0.05, 0.1) is 22.9 Å². The lowest BCUT2D eigenvalue weighted by Crippen LogP contribution is -2.28. The van der Waals surface area contributed by atoms with Crippen LogP contribution in [0.3, 0.4) is 0 Å². The van der Waals surface area contributed by atoms with Crippen LogP contribution in [0, 0.1) is 18.6 Å². The topological polar surface area (TPSA) is 64.0 Å². The monoisotopic (exact) mass is 407 g/mol. The van der Waals surface area contributed by atoms with E-state index in [1.54, 1.807) is 12.1 Å². The van der Waals surface area contributed by atoms with Crippen molar-refractivity contribution in [1.29, 1.82) is 0 Å². The van der Waals surface area contributed by atoms with Crippen LogP contribution in [0.2, 0.25) is 0 Å². The molecule has 0 fully saturated rings. The number of carbonyl (C=O) groups excluding carboxylic acids is 1. The van der Waals surface area contributed by atoms with E-state index in [4.69, 9.17) is 0 Å². The van der Waals surface area contributed by atoms with Crippen molar-refractivity contribution in [3.05, 3.63) is 68.7 Å². The molecule has 1 heterocycles. The number of fused-ring (bicyclic) bond motifs is 1. The average Bonchev–Trinajstić information content (AvgIpc) is 2.54. The summed E-state index contributed by atoms with van der Waals surface area (Å²) in [4.78, 5) is 28.8. The number of para-hydroxylation sites is 1. The molecule has 0 unspecified atom stereocenters. The Bertz CT molecular complexity index is 1030. The maximum Gasteiger partial charge on any atom is 0.261 e. The van der Waals surface area contributed by atoms with Crippen molar-refractivity contribution in [2.45, 2.75) is 13.5 Å². The number of halogens is 3. The van der Waals surface area contributed by atoms with Crippen LogP contribution in [0.1, 0.15) is 5.56 Å². The van der Waals surface area contributed by atoms with Gasteiger partial charge in [-0.25, -0.2) is 13.8 Å². The number of aryl methyl sites for hydroxylation is 1. The molecule has 1 aromatic heterocycles. The lowest BCUT2D eigenvalue weighted by molar-refractivity contribution is -0.116. The Morgan fingerprint density at radius 3 is 2.80 bits per heavy atom. The van der Waals surface area contributed by atoms with Crippen molar-refractivity contribution in [3.63, 3.8) is 0 Å². The number of hydrogen-bond acceptors (Lipinski definition) is 3. The highest BCUT2D eigenvalue weighted by Gasteiger charge is 2.14. The van der Waals surface area contributed by atoms with Gasteiger partial charge in [0.1, 0.15) is 12.4 Å². The summed E-state index contributed by atoms with van der Waals surface area (Å²) >= 11 is 2.99. The minimum absolute atomic E-state index is 0.0676. The molecule has 0 saturated carbocycles. The highest BCUT2D eigenvalue weighted by Crippen LogP contribution is 2.26. The lowest BCUT2D eigenvalue weighted by atomic mass is 10.1. The van der Waals surface area contributed by atoms with Gasteiger partial charge >= 0.3 is 0 Å². The predicted octanol–water partition coefficient (Wildman–Crippen LogP) is 3.38. The van der Waals surface area contributed by atoms with Gasteiger partial charge in [0.15, 0.2) is 5.82 Å². The van der Waals surface area contributed by atoms with Crippen LogP contribution in [0.5, 0.6) is 0 Å². The first-order valence-corrected chi connectivity index (χ1v) is 8.05. The van der Waals surface area contributed by atoms with Gasteiger partial charge in [-0.05, 0) is 40.5 Å². The van der Waals surface area contributed by atoms with E-state index in [1.807, 2.05) is 13.0 Å². The molecular weight excluding hydrogens is 396 g/mol.